The van der Waals surface area contributed by atoms with Crippen molar-refractivity contribution in [3.8, 4) is 0 Å². The third kappa shape index (κ3) is 2.78. The molecule has 3 rings (SSSR count). The molecule has 1 aromatic carbocycles. The number of nitrogens with zero attached hydrogens (tertiary/aromatic N) is 3. The molecule has 1 atom stereocenters. The predicted molar refractivity (Wildman–Crippen MR) is 81.6 cm³/mol. The molecule has 112 valence electrons. The molecule has 1 aliphatic heterocycles. The molecule has 0 radical (unpaired) electrons. The number of carboxylic acid groups (broad SMARTS) is 1. The van der Waals surface area contributed by atoms with Crippen LogP contribution in [0.1, 0.15) is 36.5 Å². The lowest BCUT2D eigenvalue weighted by molar-refractivity contribution is 0.0699. The summed E-state index contributed by atoms with van der Waals surface area (Å²) in [4.78, 5) is 18.0. The van der Waals surface area contributed by atoms with Gasteiger partial charge in [0.15, 0.2) is 0 Å². The summed E-state index contributed by atoms with van der Waals surface area (Å²) in [6, 6.07) is 5.78. The Hall–Kier alpha value is -1.88. The number of likely N-dealkylation sites (tertiary alicyclic amines) is 1. The van der Waals surface area contributed by atoms with E-state index in [-0.39, 0.29) is 5.56 Å². The highest BCUT2D eigenvalue weighted by atomic mass is 16.4. The van der Waals surface area contributed by atoms with Gasteiger partial charge in [-0.1, -0.05) is 12.5 Å². The van der Waals surface area contributed by atoms with Crippen LogP contribution < -0.4 is 0 Å². The first-order chi connectivity index (χ1) is 10.2. The van der Waals surface area contributed by atoms with Crippen LogP contribution in [0.25, 0.3) is 11.0 Å². The molecule has 2 heterocycles. The minimum Gasteiger partial charge on any atom is -0.478 e. The van der Waals surface area contributed by atoms with E-state index in [2.05, 4.69) is 21.4 Å². The number of hydrogen-bond acceptors (Lipinski definition) is 3. The van der Waals surface area contributed by atoms with Gasteiger partial charge in [-0.05, 0) is 45.0 Å². The molecule has 1 fully saturated rings. The smallest absolute Gasteiger partial charge is 0.337 e. The molecule has 5 heteroatoms. The van der Waals surface area contributed by atoms with E-state index in [0.717, 1.165) is 25.2 Å². The molecule has 21 heavy (non-hydrogen) atoms. The van der Waals surface area contributed by atoms with Gasteiger partial charge in [0, 0.05) is 12.6 Å². The van der Waals surface area contributed by atoms with Gasteiger partial charge in [-0.2, -0.15) is 0 Å². The van der Waals surface area contributed by atoms with Gasteiger partial charge in [-0.15, -0.1) is 0 Å². The molecule has 1 unspecified atom stereocenters. The number of aromatic nitrogens is 2. The van der Waals surface area contributed by atoms with Crippen LogP contribution in [0.3, 0.4) is 0 Å². The lowest BCUT2D eigenvalue weighted by atomic mass is 10.1. The van der Waals surface area contributed by atoms with Crippen LogP contribution in [0.15, 0.2) is 24.5 Å². The van der Waals surface area contributed by atoms with E-state index in [9.17, 15) is 9.90 Å². The van der Waals surface area contributed by atoms with Crippen molar-refractivity contribution >= 4 is 17.0 Å². The van der Waals surface area contributed by atoms with Crippen LogP contribution in [0.2, 0.25) is 0 Å². The number of aromatic carboxylic acids is 1. The Labute approximate surface area is 124 Å². The zero-order valence-corrected chi connectivity index (χ0v) is 12.3. The van der Waals surface area contributed by atoms with Crippen molar-refractivity contribution in [3.05, 3.63) is 30.1 Å². The van der Waals surface area contributed by atoms with Gasteiger partial charge in [-0.3, -0.25) is 4.90 Å². The Balaban J connectivity index is 1.84. The minimum absolute atomic E-state index is 0.275. The average Bonchev–Trinajstić information content (AvgIpc) is 2.91. The number of benzene rings is 1. The molecule has 5 nitrogen and oxygen atoms in total. The van der Waals surface area contributed by atoms with Gasteiger partial charge in [-0.25, -0.2) is 9.78 Å². The van der Waals surface area contributed by atoms with Crippen molar-refractivity contribution < 1.29 is 9.90 Å². The molecular formula is C16H21N3O2. The van der Waals surface area contributed by atoms with Crippen molar-refractivity contribution in [2.45, 2.75) is 38.8 Å². The van der Waals surface area contributed by atoms with Crippen molar-refractivity contribution in [3.63, 3.8) is 0 Å². The first-order valence-corrected chi connectivity index (χ1v) is 7.58. The van der Waals surface area contributed by atoms with E-state index < -0.39 is 5.97 Å². The van der Waals surface area contributed by atoms with Crippen molar-refractivity contribution in [2.24, 2.45) is 0 Å². The summed E-state index contributed by atoms with van der Waals surface area (Å²) < 4.78 is 2.07. The average molecular weight is 287 g/mol. The maximum atomic E-state index is 11.2. The zero-order valence-electron chi connectivity index (χ0n) is 12.3. The molecule has 1 aliphatic rings. The number of rotatable bonds is 4. The third-order valence-electron chi connectivity index (χ3n) is 4.36. The van der Waals surface area contributed by atoms with Gasteiger partial charge >= 0.3 is 5.97 Å². The summed E-state index contributed by atoms with van der Waals surface area (Å²) in [5.41, 5.74) is 1.76. The predicted octanol–water partition coefficient (Wildman–Crippen LogP) is 2.61. The number of hydrogen-bond donors (Lipinski definition) is 1. The Morgan fingerprint density at radius 3 is 2.81 bits per heavy atom. The summed E-state index contributed by atoms with van der Waals surface area (Å²) in [5.74, 6) is -0.921. The largest absolute Gasteiger partial charge is 0.478 e. The minimum atomic E-state index is -0.921. The molecule has 1 N–H and O–H groups in total. The van der Waals surface area contributed by atoms with E-state index in [1.54, 1.807) is 18.5 Å². The van der Waals surface area contributed by atoms with Crippen LogP contribution in [0.4, 0.5) is 0 Å². The molecule has 1 aromatic heterocycles. The number of fused-ring (bicyclic) bond motifs is 1. The molecule has 2 aromatic rings. The van der Waals surface area contributed by atoms with E-state index in [4.69, 9.17) is 0 Å². The molecule has 1 saturated heterocycles. The second-order valence-corrected chi connectivity index (χ2v) is 5.82. The SMILES string of the molecule is CC(Cn1cnc2c(C(=O)O)cccc21)N1CCCCC1. The normalized spacial score (nSPS) is 18.0. The van der Waals surface area contributed by atoms with Crippen molar-refractivity contribution in [1.82, 2.24) is 14.5 Å². The van der Waals surface area contributed by atoms with Crippen LogP contribution >= 0.6 is 0 Å². The van der Waals surface area contributed by atoms with Gasteiger partial charge < -0.3 is 9.67 Å². The zero-order chi connectivity index (χ0) is 14.8. The first kappa shape index (κ1) is 14.1. The lowest BCUT2D eigenvalue weighted by Gasteiger charge is -2.32. The number of para-hydroxylation sites is 1. The van der Waals surface area contributed by atoms with Crippen LogP contribution in [-0.2, 0) is 6.54 Å². The summed E-state index contributed by atoms with van der Waals surface area (Å²) in [6.07, 6.45) is 5.65. The molecule has 0 saturated carbocycles. The van der Waals surface area contributed by atoms with E-state index in [0.29, 0.717) is 11.6 Å². The number of piperidine rings is 1. The van der Waals surface area contributed by atoms with Gasteiger partial charge in [0.1, 0.15) is 5.52 Å². The quantitative estimate of drug-likeness (QED) is 0.939. The second-order valence-electron chi connectivity index (χ2n) is 5.82. The lowest BCUT2D eigenvalue weighted by Crippen LogP contribution is -2.39. The Morgan fingerprint density at radius 2 is 2.10 bits per heavy atom. The highest BCUT2D eigenvalue weighted by molar-refractivity contribution is 6.00. The fourth-order valence-corrected chi connectivity index (χ4v) is 3.17. The van der Waals surface area contributed by atoms with Crippen LogP contribution in [-0.4, -0.2) is 44.7 Å². The maximum absolute atomic E-state index is 11.2. The first-order valence-electron chi connectivity index (χ1n) is 7.58. The maximum Gasteiger partial charge on any atom is 0.337 e. The fourth-order valence-electron chi connectivity index (χ4n) is 3.17. The van der Waals surface area contributed by atoms with Crippen molar-refractivity contribution in [2.75, 3.05) is 13.1 Å². The second kappa shape index (κ2) is 5.85. The molecular weight excluding hydrogens is 266 g/mol. The van der Waals surface area contributed by atoms with Crippen LogP contribution in [0, 0.1) is 0 Å². The topological polar surface area (TPSA) is 58.4 Å². The molecule has 0 aliphatic carbocycles. The monoisotopic (exact) mass is 287 g/mol. The van der Waals surface area contributed by atoms with E-state index in [1.165, 1.54) is 19.3 Å². The highest BCUT2D eigenvalue weighted by Crippen LogP contribution is 2.19. The highest BCUT2D eigenvalue weighted by Gasteiger charge is 2.18. The standard InChI is InChI=1S/C16H21N3O2/c1-12(18-8-3-2-4-9-18)10-19-11-17-15-13(16(20)21)6-5-7-14(15)19/h5-7,11-12H,2-4,8-10H2,1H3,(H,20,21). The van der Waals surface area contributed by atoms with E-state index in [1.807, 2.05) is 6.07 Å². The van der Waals surface area contributed by atoms with Gasteiger partial charge in [0.05, 0.1) is 17.4 Å². The van der Waals surface area contributed by atoms with Crippen LogP contribution in [0.5, 0.6) is 0 Å². The summed E-state index contributed by atoms with van der Waals surface area (Å²) in [7, 11) is 0. The van der Waals surface area contributed by atoms with Gasteiger partial charge in [0.2, 0.25) is 0 Å². The van der Waals surface area contributed by atoms with Crippen molar-refractivity contribution in [1.29, 1.82) is 0 Å². The Kier molecular flexibility index (Phi) is 3.92. The van der Waals surface area contributed by atoms with E-state index >= 15 is 0 Å². The summed E-state index contributed by atoms with van der Waals surface area (Å²) in [5, 5.41) is 9.22. The van der Waals surface area contributed by atoms with Gasteiger partial charge in [0.25, 0.3) is 0 Å². The third-order valence-corrected chi connectivity index (χ3v) is 4.36. The molecule has 0 amide bonds. The number of imidazole rings is 1. The Morgan fingerprint density at radius 1 is 1.33 bits per heavy atom. The fraction of sp³-hybridized carbons (Fsp3) is 0.500. The number of carbonyl (C=O) groups is 1. The summed E-state index contributed by atoms with van der Waals surface area (Å²) >= 11 is 0. The number of carboxylic acids is 1. The molecule has 0 bridgehead atoms. The molecule has 0 spiro atoms. The summed E-state index contributed by atoms with van der Waals surface area (Å²) in [6.45, 7) is 5.40. The Bertz CT molecular complexity index is 644.